The van der Waals surface area contributed by atoms with Crippen molar-refractivity contribution in [2.45, 2.75) is 26.4 Å². The van der Waals surface area contributed by atoms with Crippen LogP contribution in [0.3, 0.4) is 0 Å². The van der Waals surface area contributed by atoms with Gasteiger partial charge >= 0.3 is 0 Å². The van der Waals surface area contributed by atoms with Crippen molar-refractivity contribution in [1.82, 2.24) is 4.98 Å². The fourth-order valence-electron chi connectivity index (χ4n) is 2.51. The Morgan fingerprint density at radius 2 is 2.10 bits per heavy atom. The van der Waals surface area contributed by atoms with Crippen molar-refractivity contribution in [1.29, 1.82) is 0 Å². The molecule has 0 amide bonds. The Bertz CT molecular complexity index is 658. The molecule has 5 heteroatoms. The Balaban J connectivity index is 2.24. The molecule has 1 aliphatic rings. The minimum Gasteiger partial charge on any atom is -0.384 e. The molecule has 106 valence electrons. The van der Waals surface area contributed by atoms with E-state index in [1.54, 1.807) is 0 Å². The maximum Gasteiger partial charge on any atom is 0.161 e. The van der Waals surface area contributed by atoms with Gasteiger partial charge in [0.25, 0.3) is 0 Å². The molecule has 0 spiro atoms. The van der Waals surface area contributed by atoms with E-state index in [4.69, 9.17) is 4.74 Å². The molecule has 3 rings (SSSR count). The fraction of sp³-hybridized carbons (Fsp3) is 0.400. The summed E-state index contributed by atoms with van der Waals surface area (Å²) in [5, 5.41) is 3.92. The topological polar surface area (TPSA) is 34.2 Å². The van der Waals surface area contributed by atoms with E-state index >= 15 is 0 Å². The molecular weight excluding hydrogens is 262 g/mol. The molecule has 3 nitrogen and oxygen atoms in total. The number of hydrogen-bond donors (Lipinski definition) is 1. The van der Waals surface area contributed by atoms with Gasteiger partial charge in [-0.2, -0.15) is 0 Å². The Kier molecular flexibility index (Phi) is 3.53. The van der Waals surface area contributed by atoms with Crippen LogP contribution in [-0.2, 0) is 17.8 Å². The number of rotatable bonds is 3. The van der Waals surface area contributed by atoms with E-state index in [9.17, 15) is 8.78 Å². The normalized spacial score (nSPS) is 14.3. The van der Waals surface area contributed by atoms with E-state index in [1.807, 2.05) is 0 Å². The number of benzene rings is 1. The van der Waals surface area contributed by atoms with Crippen molar-refractivity contribution in [3.63, 3.8) is 0 Å². The van der Waals surface area contributed by atoms with Gasteiger partial charge in [-0.05, 0) is 12.5 Å². The van der Waals surface area contributed by atoms with Crippen LogP contribution < -0.4 is 5.32 Å². The molecule has 0 saturated carbocycles. The van der Waals surface area contributed by atoms with E-state index in [2.05, 4.69) is 17.2 Å². The summed E-state index contributed by atoms with van der Waals surface area (Å²) in [5.74, 6) is -1.71. The lowest BCUT2D eigenvalue weighted by molar-refractivity contribution is 0.110. The number of pyridine rings is 1. The first-order valence-electron chi connectivity index (χ1n) is 6.82. The van der Waals surface area contributed by atoms with Gasteiger partial charge in [0, 0.05) is 30.0 Å². The molecule has 1 aliphatic heterocycles. The highest BCUT2D eigenvalue weighted by atomic mass is 19.2. The Labute approximate surface area is 116 Å². The predicted molar refractivity (Wildman–Crippen MR) is 73.8 cm³/mol. The standard InChI is InChI=1S/C15H16F2N2O/c1-2-4-18-15-9-6-11(16)12(17)7-14(9)19-13-3-5-20-8-10(13)15/h6-7H,2-5,8H2,1H3,(H,18,19). The summed E-state index contributed by atoms with van der Waals surface area (Å²) in [6.07, 6.45) is 1.65. The Morgan fingerprint density at radius 3 is 2.90 bits per heavy atom. The van der Waals surface area contributed by atoms with Gasteiger partial charge in [0.2, 0.25) is 0 Å². The lowest BCUT2D eigenvalue weighted by Crippen LogP contribution is -2.16. The SMILES string of the molecule is CCCNc1c2c(nc3cc(F)c(F)cc13)CCOC2. The quantitative estimate of drug-likeness (QED) is 0.934. The summed E-state index contributed by atoms with van der Waals surface area (Å²) in [7, 11) is 0. The minimum absolute atomic E-state index is 0.462. The molecule has 2 aromatic rings. The van der Waals surface area contributed by atoms with E-state index in [0.717, 1.165) is 36.0 Å². The van der Waals surface area contributed by atoms with Crippen LogP contribution in [-0.4, -0.2) is 18.1 Å². The Hall–Kier alpha value is -1.75. The first-order valence-corrected chi connectivity index (χ1v) is 6.82. The molecule has 1 aromatic carbocycles. The fourth-order valence-corrected chi connectivity index (χ4v) is 2.51. The van der Waals surface area contributed by atoms with Crippen molar-refractivity contribution in [2.24, 2.45) is 0 Å². The molecule has 0 atom stereocenters. The molecule has 0 bridgehead atoms. The predicted octanol–water partition coefficient (Wildman–Crippen LogP) is 3.41. The van der Waals surface area contributed by atoms with Crippen molar-refractivity contribution in [3.05, 3.63) is 35.0 Å². The van der Waals surface area contributed by atoms with Crippen molar-refractivity contribution in [3.8, 4) is 0 Å². The molecule has 0 saturated heterocycles. The number of fused-ring (bicyclic) bond motifs is 2. The second kappa shape index (κ2) is 5.32. The Morgan fingerprint density at radius 1 is 1.30 bits per heavy atom. The van der Waals surface area contributed by atoms with E-state index in [1.165, 1.54) is 6.07 Å². The van der Waals surface area contributed by atoms with Gasteiger partial charge in [-0.3, -0.25) is 4.98 Å². The smallest absolute Gasteiger partial charge is 0.161 e. The molecule has 2 heterocycles. The van der Waals surface area contributed by atoms with E-state index in [0.29, 0.717) is 30.5 Å². The van der Waals surface area contributed by atoms with Gasteiger partial charge in [-0.1, -0.05) is 6.92 Å². The zero-order valence-corrected chi connectivity index (χ0v) is 11.3. The van der Waals surface area contributed by atoms with Crippen molar-refractivity contribution < 1.29 is 13.5 Å². The molecule has 0 radical (unpaired) electrons. The monoisotopic (exact) mass is 278 g/mol. The summed E-state index contributed by atoms with van der Waals surface area (Å²) in [4.78, 5) is 4.46. The number of hydrogen-bond acceptors (Lipinski definition) is 3. The van der Waals surface area contributed by atoms with E-state index < -0.39 is 11.6 Å². The summed E-state index contributed by atoms with van der Waals surface area (Å²) >= 11 is 0. The second-order valence-electron chi connectivity index (χ2n) is 4.92. The highest BCUT2D eigenvalue weighted by molar-refractivity contribution is 5.93. The molecule has 1 aromatic heterocycles. The summed E-state index contributed by atoms with van der Waals surface area (Å²) < 4.78 is 32.4. The van der Waals surface area contributed by atoms with Crippen LogP contribution in [0, 0.1) is 11.6 Å². The third-order valence-corrected chi connectivity index (χ3v) is 3.49. The van der Waals surface area contributed by atoms with Crippen LogP contribution >= 0.6 is 0 Å². The van der Waals surface area contributed by atoms with Crippen molar-refractivity contribution >= 4 is 16.6 Å². The highest BCUT2D eigenvalue weighted by Crippen LogP contribution is 2.32. The average molecular weight is 278 g/mol. The van der Waals surface area contributed by atoms with Crippen LogP contribution in [0.15, 0.2) is 12.1 Å². The molecule has 0 unspecified atom stereocenters. The largest absolute Gasteiger partial charge is 0.384 e. The number of aromatic nitrogens is 1. The van der Waals surface area contributed by atoms with E-state index in [-0.39, 0.29) is 0 Å². The molecule has 0 fully saturated rings. The van der Waals surface area contributed by atoms with Gasteiger partial charge in [0.05, 0.1) is 30.1 Å². The molecule has 20 heavy (non-hydrogen) atoms. The minimum atomic E-state index is -0.863. The zero-order valence-electron chi connectivity index (χ0n) is 11.3. The zero-order chi connectivity index (χ0) is 14.1. The van der Waals surface area contributed by atoms with Gasteiger partial charge in [0.15, 0.2) is 11.6 Å². The third kappa shape index (κ3) is 2.22. The van der Waals surface area contributed by atoms with Gasteiger partial charge in [0.1, 0.15) is 0 Å². The first-order chi connectivity index (χ1) is 9.70. The van der Waals surface area contributed by atoms with Crippen LogP contribution in [0.1, 0.15) is 24.6 Å². The molecular formula is C15H16F2N2O. The van der Waals surface area contributed by atoms with Crippen molar-refractivity contribution in [2.75, 3.05) is 18.5 Å². The van der Waals surface area contributed by atoms with Gasteiger partial charge in [-0.25, -0.2) is 8.78 Å². The highest BCUT2D eigenvalue weighted by Gasteiger charge is 2.19. The number of nitrogens with one attached hydrogen (secondary N) is 1. The summed E-state index contributed by atoms with van der Waals surface area (Å²) in [6, 6.07) is 2.38. The number of nitrogens with zero attached hydrogens (tertiary/aromatic N) is 1. The number of anilines is 1. The number of halogens is 2. The number of ether oxygens (including phenoxy) is 1. The van der Waals surface area contributed by atoms with Crippen LogP contribution in [0.5, 0.6) is 0 Å². The molecule has 0 aliphatic carbocycles. The lowest BCUT2D eigenvalue weighted by Gasteiger charge is -2.22. The first kappa shape index (κ1) is 13.2. The van der Waals surface area contributed by atoms with Gasteiger partial charge in [-0.15, -0.1) is 0 Å². The van der Waals surface area contributed by atoms with Crippen LogP contribution in [0.4, 0.5) is 14.5 Å². The van der Waals surface area contributed by atoms with Gasteiger partial charge < -0.3 is 10.1 Å². The lowest BCUT2D eigenvalue weighted by atomic mass is 10.0. The molecule has 1 N–H and O–H groups in total. The third-order valence-electron chi connectivity index (χ3n) is 3.49. The maximum absolute atomic E-state index is 13.5. The summed E-state index contributed by atoms with van der Waals surface area (Å²) in [6.45, 7) is 3.90. The maximum atomic E-state index is 13.5. The summed E-state index contributed by atoms with van der Waals surface area (Å²) in [5.41, 5.74) is 3.19. The van der Waals surface area contributed by atoms with Crippen LogP contribution in [0.25, 0.3) is 10.9 Å². The average Bonchev–Trinajstić information content (AvgIpc) is 2.45. The second-order valence-corrected chi connectivity index (χ2v) is 4.92. The van der Waals surface area contributed by atoms with Crippen LogP contribution in [0.2, 0.25) is 0 Å².